The SMILES string of the molecule is CC(C)(C)OC(=O)N1CCC(C)(C(=O)c2ccc(CO[C@H]3CCCCO3)nc2Cl)CC1. The highest BCUT2D eigenvalue weighted by Crippen LogP contribution is 2.36. The summed E-state index contributed by atoms with van der Waals surface area (Å²) >= 11 is 6.38. The summed E-state index contributed by atoms with van der Waals surface area (Å²) in [4.78, 5) is 31.6. The van der Waals surface area contributed by atoms with Crippen LogP contribution in [0.2, 0.25) is 5.15 Å². The fourth-order valence-corrected chi connectivity index (χ4v) is 4.06. The molecule has 0 unspecified atom stereocenters. The molecule has 0 saturated carbocycles. The van der Waals surface area contributed by atoms with Crippen molar-refractivity contribution in [3.63, 3.8) is 0 Å². The minimum atomic E-state index is -0.599. The summed E-state index contributed by atoms with van der Waals surface area (Å²) in [5.41, 5.74) is -0.0627. The Balaban J connectivity index is 1.58. The number of hydrogen-bond donors (Lipinski definition) is 0. The number of nitrogens with zero attached hydrogens (tertiary/aromatic N) is 2. The van der Waals surface area contributed by atoms with Gasteiger partial charge in [0.15, 0.2) is 12.1 Å². The fourth-order valence-electron chi connectivity index (χ4n) is 3.80. The maximum atomic E-state index is 13.3. The van der Waals surface area contributed by atoms with Gasteiger partial charge in [0.1, 0.15) is 10.8 Å². The lowest BCUT2D eigenvalue weighted by molar-refractivity contribution is -0.169. The maximum absolute atomic E-state index is 13.3. The molecular formula is C23H33ClN2O5. The van der Waals surface area contributed by atoms with Gasteiger partial charge in [-0.2, -0.15) is 0 Å². The lowest BCUT2D eigenvalue weighted by Crippen LogP contribution is -2.46. The summed E-state index contributed by atoms with van der Waals surface area (Å²) in [6.45, 7) is 9.40. The van der Waals surface area contributed by atoms with Crippen LogP contribution in [0.4, 0.5) is 4.79 Å². The predicted molar refractivity (Wildman–Crippen MR) is 117 cm³/mol. The molecule has 172 valence electrons. The van der Waals surface area contributed by atoms with Crippen molar-refractivity contribution in [3.8, 4) is 0 Å². The van der Waals surface area contributed by atoms with E-state index in [-0.39, 0.29) is 23.3 Å². The molecule has 3 rings (SSSR count). The highest BCUT2D eigenvalue weighted by molar-refractivity contribution is 6.33. The molecule has 2 saturated heterocycles. The first-order valence-corrected chi connectivity index (χ1v) is 11.4. The molecule has 2 aliphatic heterocycles. The Morgan fingerprint density at radius 3 is 2.55 bits per heavy atom. The molecule has 31 heavy (non-hydrogen) atoms. The average Bonchev–Trinajstić information content (AvgIpc) is 2.72. The average molecular weight is 453 g/mol. The van der Waals surface area contributed by atoms with Crippen molar-refractivity contribution in [2.75, 3.05) is 19.7 Å². The number of likely N-dealkylation sites (tertiary alicyclic amines) is 1. The van der Waals surface area contributed by atoms with E-state index in [2.05, 4.69) is 4.98 Å². The Morgan fingerprint density at radius 2 is 1.97 bits per heavy atom. The number of rotatable bonds is 5. The van der Waals surface area contributed by atoms with E-state index in [1.807, 2.05) is 27.7 Å². The third-order valence-electron chi connectivity index (χ3n) is 5.77. The van der Waals surface area contributed by atoms with Crippen LogP contribution < -0.4 is 0 Å². The van der Waals surface area contributed by atoms with Crippen molar-refractivity contribution in [2.24, 2.45) is 5.41 Å². The minimum Gasteiger partial charge on any atom is -0.444 e. The zero-order chi connectivity index (χ0) is 22.6. The lowest BCUT2D eigenvalue weighted by atomic mass is 9.75. The zero-order valence-electron chi connectivity index (χ0n) is 18.9. The number of pyridine rings is 1. The van der Waals surface area contributed by atoms with Crippen molar-refractivity contribution in [1.29, 1.82) is 0 Å². The van der Waals surface area contributed by atoms with E-state index >= 15 is 0 Å². The van der Waals surface area contributed by atoms with E-state index in [0.29, 0.717) is 43.8 Å². The highest BCUT2D eigenvalue weighted by atomic mass is 35.5. The molecule has 8 heteroatoms. The van der Waals surface area contributed by atoms with Gasteiger partial charge in [0.25, 0.3) is 0 Å². The number of hydrogen-bond acceptors (Lipinski definition) is 6. The number of carbonyl (C=O) groups excluding carboxylic acids is 2. The van der Waals surface area contributed by atoms with Crippen LogP contribution in [-0.2, 0) is 20.8 Å². The molecule has 3 heterocycles. The van der Waals surface area contributed by atoms with Crippen LogP contribution in [0.15, 0.2) is 12.1 Å². The molecular weight excluding hydrogens is 420 g/mol. The van der Waals surface area contributed by atoms with Gasteiger partial charge in [0.2, 0.25) is 0 Å². The Hall–Kier alpha value is -1.70. The van der Waals surface area contributed by atoms with Crippen LogP contribution in [-0.4, -0.2) is 53.3 Å². The van der Waals surface area contributed by atoms with Gasteiger partial charge >= 0.3 is 6.09 Å². The van der Waals surface area contributed by atoms with Gasteiger partial charge in [0.05, 0.1) is 17.9 Å². The van der Waals surface area contributed by atoms with Crippen LogP contribution in [0.5, 0.6) is 0 Å². The largest absolute Gasteiger partial charge is 0.444 e. The van der Waals surface area contributed by atoms with Gasteiger partial charge < -0.3 is 19.1 Å². The molecule has 1 atom stereocenters. The first kappa shape index (κ1) is 24.0. The Kier molecular flexibility index (Phi) is 7.60. The van der Waals surface area contributed by atoms with Gasteiger partial charge in [0, 0.05) is 25.1 Å². The molecule has 2 fully saturated rings. The number of Topliss-reactive ketones (excluding diaryl/α,β-unsaturated/α-hetero) is 1. The second-order valence-electron chi connectivity index (χ2n) is 9.61. The predicted octanol–water partition coefficient (Wildman–Crippen LogP) is 5.00. The van der Waals surface area contributed by atoms with E-state index in [0.717, 1.165) is 25.9 Å². The monoisotopic (exact) mass is 452 g/mol. The summed E-state index contributed by atoms with van der Waals surface area (Å²) in [5, 5.41) is 0.187. The third kappa shape index (κ3) is 6.40. The topological polar surface area (TPSA) is 78.0 Å². The molecule has 0 bridgehead atoms. The van der Waals surface area contributed by atoms with Crippen molar-refractivity contribution in [3.05, 3.63) is 28.5 Å². The smallest absolute Gasteiger partial charge is 0.410 e. The molecule has 0 N–H and O–H groups in total. The molecule has 2 aliphatic rings. The fraction of sp³-hybridized carbons (Fsp3) is 0.696. The van der Waals surface area contributed by atoms with E-state index in [9.17, 15) is 9.59 Å². The van der Waals surface area contributed by atoms with Crippen LogP contribution in [0.25, 0.3) is 0 Å². The number of amides is 1. The van der Waals surface area contributed by atoms with Crippen molar-refractivity contribution < 1.29 is 23.8 Å². The number of halogens is 1. The Bertz CT molecular complexity index is 794. The van der Waals surface area contributed by atoms with E-state index in [4.69, 9.17) is 25.8 Å². The van der Waals surface area contributed by atoms with Gasteiger partial charge in [-0.05, 0) is 65.0 Å². The summed E-state index contributed by atoms with van der Waals surface area (Å²) < 4.78 is 16.8. The standard InChI is InChI=1S/C23H33ClN2O5/c1-22(2,3)31-21(28)26-12-10-23(4,11-13-26)19(27)17-9-8-16(25-20(17)24)15-30-18-7-5-6-14-29-18/h8-9,18H,5-7,10-15H2,1-4H3/t18-/m0/s1. The zero-order valence-corrected chi connectivity index (χ0v) is 19.7. The van der Waals surface area contributed by atoms with Crippen LogP contribution >= 0.6 is 11.6 Å². The molecule has 1 amide bonds. The normalized spacial score (nSPS) is 21.6. The van der Waals surface area contributed by atoms with Crippen molar-refractivity contribution in [1.82, 2.24) is 9.88 Å². The van der Waals surface area contributed by atoms with E-state index in [1.54, 1.807) is 17.0 Å². The molecule has 1 aromatic heterocycles. The summed E-state index contributed by atoms with van der Waals surface area (Å²) in [5.74, 6) is -0.0445. The first-order chi connectivity index (χ1) is 14.6. The third-order valence-corrected chi connectivity index (χ3v) is 6.06. The van der Waals surface area contributed by atoms with Crippen molar-refractivity contribution >= 4 is 23.5 Å². The molecule has 0 aromatic carbocycles. The summed E-state index contributed by atoms with van der Waals surface area (Å²) in [6, 6.07) is 3.50. The molecule has 1 aromatic rings. The van der Waals surface area contributed by atoms with Gasteiger partial charge in [-0.3, -0.25) is 4.79 Å². The minimum absolute atomic E-state index is 0.0445. The van der Waals surface area contributed by atoms with Crippen LogP contribution in [0.1, 0.15) is 75.9 Å². The van der Waals surface area contributed by atoms with Gasteiger partial charge in [-0.1, -0.05) is 18.5 Å². The van der Waals surface area contributed by atoms with Crippen molar-refractivity contribution in [2.45, 2.75) is 78.3 Å². The molecule has 0 spiro atoms. The molecule has 0 radical (unpaired) electrons. The summed E-state index contributed by atoms with van der Waals surface area (Å²) in [7, 11) is 0. The van der Waals surface area contributed by atoms with Crippen LogP contribution in [0.3, 0.4) is 0 Å². The Morgan fingerprint density at radius 1 is 1.26 bits per heavy atom. The molecule has 0 aliphatic carbocycles. The van der Waals surface area contributed by atoms with Crippen LogP contribution in [0, 0.1) is 5.41 Å². The van der Waals surface area contributed by atoms with E-state index < -0.39 is 11.0 Å². The summed E-state index contributed by atoms with van der Waals surface area (Å²) in [6.07, 6.45) is 3.59. The maximum Gasteiger partial charge on any atom is 0.410 e. The Labute approximate surface area is 189 Å². The van der Waals surface area contributed by atoms with Gasteiger partial charge in [-0.25, -0.2) is 9.78 Å². The number of ether oxygens (including phenoxy) is 3. The van der Waals surface area contributed by atoms with E-state index in [1.165, 1.54) is 0 Å². The molecule has 7 nitrogen and oxygen atoms in total. The number of piperidine rings is 1. The lowest BCUT2D eigenvalue weighted by Gasteiger charge is -2.38. The number of ketones is 1. The highest BCUT2D eigenvalue weighted by Gasteiger charge is 2.40. The van der Waals surface area contributed by atoms with Gasteiger partial charge in [-0.15, -0.1) is 0 Å². The second-order valence-corrected chi connectivity index (χ2v) is 9.96. The first-order valence-electron chi connectivity index (χ1n) is 11.0. The quantitative estimate of drug-likeness (QED) is 0.462. The number of carbonyl (C=O) groups is 2. The number of aromatic nitrogens is 1. The second kappa shape index (κ2) is 9.84.